The number of furan rings is 3. The molecule has 3 N–H and O–H groups in total. The van der Waals surface area contributed by atoms with Crippen LogP contribution in [0.4, 0.5) is 0 Å². The molecule has 6 heterocycles. The molecule has 3 radical (unpaired) electrons. The first-order valence-electron chi connectivity index (χ1n) is 39.5. The van der Waals surface area contributed by atoms with Gasteiger partial charge in [-0.1, -0.05) is 219 Å². The maximum Gasteiger partial charge on any atom is 0.155 e. The van der Waals surface area contributed by atoms with Gasteiger partial charge in [-0.05, 0) is 163 Å². The first kappa shape index (κ1) is 100. The number of fused-ring (bicyclic) bond motifs is 3. The van der Waals surface area contributed by atoms with E-state index in [2.05, 4.69) is 280 Å². The first-order valence-corrected chi connectivity index (χ1v) is 39.5. The normalized spacial score (nSPS) is 11.8. The smallest absolute Gasteiger partial charge is 0.155 e. The van der Waals surface area contributed by atoms with E-state index in [0.717, 1.165) is 112 Å². The number of allylic oxidation sites excluding steroid dienone is 6. The van der Waals surface area contributed by atoms with Crippen LogP contribution in [-0.4, -0.2) is 47.6 Å². The fourth-order valence-electron chi connectivity index (χ4n) is 12.7. The van der Waals surface area contributed by atoms with E-state index < -0.39 is 0 Å². The zero-order valence-electron chi connectivity index (χ0n) is 73.7. The summed E-state index contributed by atoms with van der Waals surface area (Å²) in [5.41, 5.74) is 28.5. The van der Waals surface area contributed by atoms with Gasteiger partial charge in [0.25, 0.3) is 0 Å². The number of hydrogen-bond acceptors (Lipinski definition) is 12. The van der Waals surface area contributed by atoms with Crippen molar-refractivity contribution in [1.82, 2.24) is 15.0 Å². The van der Waals surface area contributed by atoms with Crippen molar-refractivity contribution in [2.75, 3.05) is 0 Å². The zero-order chi connectivity index (χ0) is 84.8. The van der Waals surface area contributed by atoms with Crippen LogP contribution in [0.5, 0.6) is 0 Å². The number of benzene rings is 6. The summed E-state index contributed by atoms with van der Waals surface area (Å²) in [6.45, 7) is 57.3. The third-order valence-corrected chi connectivity index (χ3v) is 18.9. The van der Waals surface area contributed by atoms with Gasteiger partial charge in [-0.2, -0.15) is 0 Å². The van der Waals surface area contributed by atoms with Crippen molar-refractivity contribution in [3.05, 3.63) is 267 Å². The standard InChI is InChI=1S/2C30H34NO.C27H28NO.3C5H8O2.3Ir/c1-18(2)21-13-22(19(3)4)15-24(14-21)29-17-27-28(32-29)10-9-26(31-27)23-11-20(5)12-25(16-23)30(6,7)8;1-18(2)23-10-9-11-24(19(3)4)29(23)28-17-26-27(32-28)13-12-25(31-26)21-14-20(5)15-22(16-21)30(6,7)8;1-17(2)19-7-9-20(10-8-19)26-16-24-25(29-26)12-11-23(28-24)21-13-18(3)14-22(15-21)27(4,5)6;3*1-4(6)3-5(2)7;;;/h9-10,12-19H,1-8H3;9-13,15-19H,1-8H3;7-12,14-17H,1-6H3;3*3,6H,1-2H3;;;/q3*-1;;;;;;. The predicted molar refractivity (Wildman–Crippen MR) is 473 cm³/mol. The Kier molecular flexibility index (Phi) is 37.4. The third-order valence-electron chi connectivity index (χ3n) is 18.9. The number of nitrogens with zero attached hydrogens (tertiary/aromatic N) is 3. The number of aromatic nitrogens is 3. The average molecular weight is 2110 g/mol. The molecular formula is C102H120Ir3N3O9-3. The van der Waals surface area contributed by atoms with Crippen molar-refractivity contribution in [3.63, 3.8) is 0 Å². The van der Waals surface area contributed by atoms with E-state index in [1.165, 1.54) is 110 Å². The molecule has 0 spiro atoms. The number of rotatable bonds is 14. The minimum Gasteiger partial charge on any atom is -0.512 e. The van der Waals surface area contributed by atoms with Gasteiger partial charge in [-0.15, -0.1) is 105 Å². The Morgan fingerprint density at radius 3 is 0.906 bits per heavy atom. The number of aryl methyl sites for hydroxylation is 3. The molecule has 0 bridgehead atoms. The summed E-state index contributed by atoms with van der Waals surface area (Å²) in [6, 6.07) is 64.1. The van der Waals surface area contributed by atoms with Crippen LogP contribution in [0.1, 0.15) is 264 Å². The fraction of sp³-hybridized carbons (Fsp3) is 0.353. The van der Waals surface area contributed by atoms with Gasteiger partial charge in [0.15, 0.2) is 34.1 Å². The molecule has 12 nitrogen and oxygen atoms in total. The molecule has 12 rings (SSSR count). The Bertz CT molecular complexity index is 5330. The number of carbonyl (C=O) groups excluding carboxylic acids is 3. The Hall–Kier alpha value is -9.03. The van der Waals surface area contributed by atoms with Crippen LogP contribution in [0.25, 0.3) is 101 Å². The molecule has 0 aliphatic rings. The first-order chi connectivity index (χ1) is 53.1. The molecule has 0 saturated carbocycles. The molecule has 6 aromatic carbocycles. The molecule has 15 heteroatoms. The van der Waals surface area contributed by atoms with Crippen molar-refractivity contribution >= 4 is 50.6 Å². The van der Waals surface area contributed by atoms with Crippen molar-refractivity contribution in [2.45, 2.75) is 240 Å². The number of carbonyl (C=O) groups is 3. The monoisotopic (exact) mass is 2110 g/mol. The number of aliphatic hydroxyl groups excluding tert-OH is 3. The Morgan fingerprint density at radius 1 is 0.350 bits per heavy atom. The van der Waals surface area contributed by atoms with Crippen LogP contribution < -0.4 is 0 Å². The summed E-state index contributed by atoms with van der Waals surface area (Å²) in [7, 11) is 0. The topological polar surface area (TPSA) is 190 Å². The Balaban J connectivity index is 0.000000324. The Morgan fingerprint density at radius 2 is 0.641 bits per heavy atom. The van der Waals surface area contributed by atoms with Gasteiger partial charge in [-0.25, -0.2) is 0 Å². The maximum atomic E-state index is 10.0. The molecule has 0 fully saturated rings. The van der Waals surface area contributed by atoms with E-state index in [1.54, 1.807) is 0 Å². The van der Waals surface area contributed by atoms with E-state index in [0.29, 0.717) is 29.6 Å². The fourth-order valence-corrected chi connectivity index (χ4v) is 12.7. The van der Waals surface area contributed by atoms with Gasteiger partial charge in [0.1, 0.15) is 17.3 Å². The summed E-state index contributed by atoms with van der Waals surface area (Å²) in [5, 5.41) is 25.1. The van der Waals surface area contributed by atoms with Crippen LogP contribution >= 0.6 is 0 Å². The van der Waals surface area contributed by atoms with Gasteiger partial charge in [0, 0.05) is 113 Å². The molecule has 627 valence electrons. The van der Waals surface area contributed by atoms with E-state index in [-0.39, 0.29) is 111 Å². The molecule has 6 aromatic heterocycles. The van der Waals surface area contributed by atoms with Gasteiger partial charge in [-0.3, -0.25) is 29.3 Å². The predicted octanol–water partition coefficient (Wildman–Crippen LogP) is 28.4. The summed E-state index contributed by atoms with van der Waals surface area (Å²) in [6.07, 6.45) is 3.50. The summed E-state index contributed by atoms with van der Waals surface area (Å²) in [4.78, 5) is 44.9. The van der Waals surface area contributed by atoms with Crippen LogP contribution in [-0.2, 0) is 90.9 Å². The second-order valence-electron chi connectivity index (χ2n) is 34.5. The molecule has 0 aliphatic heterocycles. The second-order valence-corrected chi connectivity index (χ2v) is 34.5. The quantitative estimate of drug-likeness (QED) is 0.0531. The van der Waals surface area contributed by atoms with Gasteiger partial charge in [0.05, 0.1) is 33.8 Å². The molecular weight excluding hydrogens is 1990 g/mol. The molecule has 12 aromatic rings. The van der Waals surface area contributed by atoms with Crippen molar-refractivity contribution < 1.29 is 103 Å². The molecule has 117 heavy (non-hydrogen) atoms. The molecule has 0 atom stereocenters. The number of ketones is 3. The summed E-state index contributed by atoms with van der Waals surface area (Å²) in [5.74, 6) is 4.73. The molecule has 0 unspecified atom stereocenters. The minimum atomic E-state index is -0.125. The summed E-state index contributed by atoms with van der Waals surface area (Å²) >= 11 is 0. The number of aliphatic hydroxyl groups is 3. The average Bonchev–Trinajstić information content (AvgIpc) is 1.64. The minimum absolute atomic E-state index is 0. The van der Waals surface area contributed by atoms with Crippen LogP contribution in [0.2, 0.25) is 0 Å². The second kappa shape index (κ2) is 43.6. The molecule has 0 saturated heterocycles. The van der Waals surface area contributed by atoms with Crippen LogP contribution in [0.3, 0.4) is 0 Å². The number of pyridine rings is 3. The Labute approximate surface area is 737 Å². The van der Waals surface area contributed by atoms with Crippen LogP contribution in [0.15, 0.2) is 200 Å². The number of hydrogen-bond donors (Lipinski definition) is 3. The van der Waals surface area contributed by atoms with E-state index in [1.807, 2.05) is 42.5 Å². The molecule has 0 aliphatic carbocycles. The van der Waals surface area contributed by atoms with Crippen molar-refractivity contribution in [3.8, 4) is 67.7 Å². The van der Waals surface area contributed by atoms with E-state index in [9.17, 15) is 14.4 Å². The van der Waals surface area contributed by atoms with E-state index in [4.69, 9.17) is 43.5 Å². The SMILES string of the molecule is CC(=O)C=C(C)O.CC(=O)C=C(C)O.CC(=O)C=C(C)O.Cc1[c-]c(-c2ccc3oc(-c4c(C(C)C)cccc4C(C)C)cc3n2)cc(C(C)(C)C)c1.Cc1[c-]c(-c2ccc3oc(-c4cc(C(C)C)cc(C(C)C)c4)cc3n2)cc(C(C)(C)C)c1.Cc1[c-]c(-c2ccc3oc(-c4ccc(C(C)C)cc4)cc3n2)cc(C(C)(C)C)c1.[Ir].[Ir].[Ir]. The van der Waals surface area contributed by atoms with Crippen molar-refractivity contribution in [2.24, 2.45) is 0 Å². The largest absolute Gasteiger partial charge is 0.512 e. The third kappa shape index (κ3) is 29.5. The van der Waals surface area contributed by atoms with Gasteiger partial charge < -0.3 is 28.6 Å². The zero-order valence-corrected chi connectivity index (χ0v) is 80.9. The molecule has 0 amide bonds. The summed E-state index contributed by atoms with van der Waals surface area (Å²) < 4.78 is 18.7. The van der Waals surface area contributed by atoms with Gasteiger partial charge >= 0.3 is 0 Å². The van der Waals surface area contributed by atoms with Crippen LogP contribution in [0, 0.1) is 39.0 Å². The maximum absolute atomic E-state index is 10.0. The van der Waals surface area contributed by atoms with E-state index >= 15 is 0 Å². The van der Waals surface area contributed by atoms with Crippen molar-refractivity contribution in [1.29, 1.82) is 0 Å². The van der Waals surface area contributed by atoms with Gasteiger partial charge in [0.2, 0.25) is 0 Å².